The van der Waals surface area contributed by atoms with Gasteiger partial charge in [-0.1, -0.05) is 68.4 Å². The van der Waals surface area contributed by atoms with Gasteiger partial charge in [0.25, 0.3) is 0 Å². The minimum atomic E-state index is -0.570. The van der Waals surface area contributed by atoms with E-state index < -0.39 is 6.17 Å². The highest BCUT2D eigenvalue weighted by Crippen LogP contribution is 2.34. The highest BCUT2D eigenvalue weighted by atomic mass is 19.1. The molecule has 0 amide bonds. The van der Waals surface area contributed by atoms with Gasteiger partial charge in [-0.05, 0) is 86.9 Å². The first kappa shape index (κ1) is 27.1. The van der Waals surface area contributed by atoms with Gasteiger partial charge < -0.3 is 4.90 Å². The summed E-state index contributed by atoms with van der Waals surface area (Å²) < 4.78 is 13.4. The summed E-state index contributed by atoms with van der Waals surface area (Å²) in [6.45, 7) is 8.38. The van der Waals surface area contributed by atoms with Gasteiger partial charge in [0.2, 0.25) is 0 Å². The maximum absolute atomic E-state index is 13.4. The van der Waals surface area contributed by atoms with Gasteiger partial charge in [0.05, 0.1) is 6.07 Å². The van der Waals surface area contributed by atoms with E-state index in [2.05, 4.69) is 73.3 Å². The lowest BCUT2D eigenvalue weighted by atomic mass is 9.83. The molecule has 0 aliphatic heterocycles. The molecule has 0 bridgehead atoms. The van der Waals surface area contributed by atoms with Crippen LogP contribution in [0.25, 0.3) is 0 Å². The lowest BCUT2D eigenvalue weighted by Gasteiger charge is -2.31. The van der Waals surface area contributed by atoms with Crippen molar-refractivity contribution in [1.29, 1.82) is 5.26 Å². The zero-order valence-corrected chi connectivity index (χ0v) is 21.0. The second-order valence-electron chi connectivity index (χ2n) is 9.29. The standard InChI is InChI=1S/C28H40FN.C2H3N/c1-3-21-30(22-20-23-8-6-5-7-9-23)28(4-2)19-12-24-10-13-25(14-11-24)26-15-17-27(29)18-16-26;1-2-3/h5-11,13-14,26-28H,3-4,12,15-22H2,1-2H3;1H3. The van der Waals surface area contributed by atoms with Crippen LogP contribution in [0.1, 0.15) is 88.3 Å². The van der Waals surface area contributed by atoms with Crippen LogP contribution < -0.4 is 0 Å². The van der Waals surface area contributed by atoms with Gasteiger partial charge >= 0.3 is 0 Å². The molecule has 0 spiro atoms. The van der Waals surface area contributed by atoms with Crippen molar-refractivity contribution in [3.8, 4) is 6.07 Å². The number of benzene rings is 2. The Bertz CT molecular complexity index is 788. The average molecular weight is 451 g/mol. The molecule has 0 heterocycles. The fraction of sp³-hybridized carbons (Fsp3) is 0.567. The van der Waals surface area contributed by atoms with Crippen molar-refractivity contribution in [1.82, 2.24) is 4.90 Å². The summed E-state index contributed by atoms with van der Waals surface area (Å²) in [5.41, 5.74) is 4.29. The fourth-order valence-corrected chi connectivity index (χ4v) is 5.00. The third-order valence-electron chi connectivity index (χ3n) is 6.90. The lowest BCUT2D eigenvalue weighted by molar-refractivity contribution is 0.183. The molecule has 33 heavy (non-hydrogen) atoms. The van der Waals surface area contributed by atoms with E-state index in [9.17, 15) is 4.39 Å². The highest BCUT2D eigenvalue weighted by molar-refractivity contribution is 5.26. The minimum absolute atomic E-state index is 0.562. The van der Waals surface area contributed by atoms with Crippen molar-refractivity contribution in [3.05, 3.63) is 71.3 Å². The molecule has 1 unspecified atom stereocenters. The van der Waals surface area contributed by atoms with Crippen LogP contribution in [0.3, 0.4) is 0 Å². The Labute approximate surface area is 201 Å². The van der Waals surface area contributed by atoms with E-state index in [4.69, 9.17) is 5.26 Å². The average Bonchev–Trinajstić information content (AvgIpc) is 2.85. The second kappa shape index (κ2) is 15.6. The SMILES string of the molecule is CC#N.CCCN(CCc1ccccc1)C(CC)CCc1ccc(C2CCC(F)CC2)cc1. The smallest absolute Gasteiger partial charge is 0.100 e. The van der Waals surface area contributed by atoms with Crippen molar-refractivity contribution < 1.29 is 4.39 Å². The molecular weight excluding hydrogens is 407 g/mol. The minimum Gasteiger partial charge on any atom is -0.300 e. The normalized spacial score (nSPS) is 18.8. The maximum atomic E-state index is 13.4. The van der Waals surface area contributed by atoms with Crippen LogP contribution in [-0.2, 0) is 12.8 Å². The van der Waals surface area contributed by atoms with E-state index in [1.54, 1.807) is 6.07 Å². The molecule has 0 N–H and O–H groups in total. The number of hydrogen-bond donors (Lipinski definition) is 0. The molecule has 1 fully saturated rings. The van der Waals surface area contributed by atoms with Crippen LogP contribution >= 0.6 is 0 Å². The van der Waals surface area contributed by atoms with Gasteiger partial charge in [-0.15, -0.1) is 0 Å². The maximum Gasteiger partial charge on any atom is 0.100 e. The van der Waals surface area contributed by atoms with E-state index in [1.807, 2.05) is 0 Å². The van der Waals surface area contributed by atoms with Gasteiger partial charge in [0, 0.05) is 19.5 Å². The van der Waals surface area contributed by atoms with Crippen LogP contribution in [0, 0.1) is 11.3 Å². The van der Waals surface area contributed by atoms with Crippen LogP contribution in [-0.4, -0.2) is 30.2 Å². The zero-order chi connectivity index (χ0) is 23.9. The second-order valence-corrected chi connectivity index (χ2v) is 9.29. The van der Waals surface area contributed by atoms with Gasteiger partial charge in [-0.3, -0.25) is 0 Å². The molecule has 3 rings (SSSR count). The molecule has 1 saturated carbocycles. The number of alkyl halides is 1. The largest absolute Gasteiger partial charge is 0.300 e. The summed E-state index contributed by atoms with van der Waals surface area (Å²) in [6.07, 6.45) is 8.82. The molecule has 1 aliphatic rings. The summed E-state index contributed by atoms with van der Waals surface area (Å²) in [4.78, 5) is 2.71. The van der Waals surface area contributed by atoms with Crippen molar-refractivity contribution in [2.45, 2.75) is 96.7 Å². The monoisotopic (exact) mass is 450 g/mol. The number of hydrogen-bond acceptors (Lipinski definition) is 2. The van der Waals surface area contributed by atoms with Crippen LogP contribution in [0.15, 0.2) is 54.6 Å². The molecule has 0 radical (unpaired) electrons. The van der Waals surface area contributed by atoms with Gasteiger partial charge in [0.1, 0.15) is 6.17 Å². The van der Waals surface area contributed by atoms with Crippen molar-refractivity contribution in [2.75, 3.05) is 13.1 Å². The Balaban J connectivity index is 0.00000122. The Morgan fingerprint density at radius 3 is 2.09 bits per heavy atom. The number of halogens is 1. The summed E-state index contributed by atoms with van der Waals surface area (Å²) in [5.74, 6) is 0.562. The molecule has 1 atom stereocenters. The van der Waals surface area contributed by atoms with E-state index in [1.165, 1.54) is 49.4 Å². The van der Waals surface area contributed by atoms with Gasteiger partial charge in [-0.25, -0.2) is 4.39 Å². The van der Waals surface area contributed by atoms with E-state index >= 15 is 0 Å². The van der Waals surface area contributed by atoms with Gasteiger partial charge in [0.15, 0.2) is 0 Å². The van der Waals surface area contributed by atoms with Crippen LogP contribution in [0.4, 0.5) is 4.39 Å². The predicted octanol–water partition coefficient (Wildman–Crippen LogP) is 7.88. The molecule has 2 aromatic rings. The quantitative estimate of drug-likeness (QED) is 0.348. The summed E-state index contributed by atoms with van der Waals surface area (Å²) >= 11 is 0. The first-order valence-corrected chi connectivity index (χ1v) is 12.9. The zero-order valence-electron chi connectivity index (χ0n) is 21.0. The molecule has 1 aliphatic carbocycles. The van der Waals surface area contributed by atoms with E-state index in [0.29, 0.717) is 12.0 Å². The first-order valence-electron chi connectivity index (χ1n) is 12.9. The third-order valence-corrected chi connectivity index (χ3v) is 6.90. The molecule has 180 valence electrons. The first-order chi connectivity index (χ1) is 16.1. The highest BCUT2D eigenvalue weighted by Gasteiger charge is 2.22. The van der Waals surface area contributed by atoms with Gasteiger partial charge in [-0.2, -0.15) is 5.26 Å². The predicted molar refractivity (Wildman–Crippen MR) is 138 cm³/mol. The molecule has 2 nitrogen and oxygen atoms in total. The van der Waals surface area contributed by atoms with E-state index in [-0.39, 0.29) is 0 Å². The van der Waals surface area contributed by atoms with Crippen LogP contribution in [0.5, 0.6) is 0 Å². The lowest BCUT2D eigenvalue weighted by Crippen LogP contribution is -2.37. The molecule has 3 heteroatoms. The number of rotatable bonds is 11. The van der Waals surface area contributed by atoms with Crippen LogP contribution in [0.2, 0.25) is 0 Å². The third kappa shape index (κ3) is 9.68. The topological polar surface area (TPSA) is 27.0 Å². The molecule has 0 aromatic heterocycles. The Hall–Kier alpha value is -2.18. The van der Waals surface area contributed by atoms with Crippen molar-refractivity contribution in [3.63, 3.8) is 0 Å². The summed E-state index contributed by atoms with van der Waals surface area (Å²) in [7, 11) is 0. The number of nitrogens with zero attached hydrogens (tertiary/aromatic N) is 2. The Morgan fingerprint density at radius 2 is 1.52 bits per heavy atom. The molecule has 0 saturated heterocycles. The summed E-state index contributed by atoms with van der Waals surface area (Å²) in [6, 6.07) is 22.5. The Morgan fingerprint density at radius 1 is 0.909 bits per heavy atom. The Kier molecular flexibility index (Phi) is 12.8. The molecular formula is C30H43FN2. The molecule has 2 aromatic carbocycles. The number of nitriles is 1. The van der Waals surface area contributed by atoms with Crippen molar-refractivity contribution in [2.24, 2.45) is 0 Å². The summed E-state index contributed by atoms with van der Waals surface area (Å²) in [5, 5.41) is 7.32. The fourth-order valence-electron chi connectivity index (χ4n) is 5.00. The van der Waals surface area contributed by atoms with Crippen molar-refractivity contribution >= 4 is 0 Å². The number of aryl methyl sites for hydroxylation is 1. The van der Waals surface area contributed by atoms with E-state index in [0.717, 1.165) is 45.1 Å².